The molecule has 1 amide bonds. The van der Waals surface area contributed by atoms with E-state index in [1.807, 2.05) is 0 Å². The van der Waals surface area contributed by atoms with Crippen molar-refractivity contribution in [1.82, 2.24) is 5.32 Å². The molecule has 1 unspecified atom stereocenters. The standard InChI is InChI=1S/C51H55NO16/c1-27(2)50-25-36(67-48(61)41(57)40(33-18-12-9-13-19-33)52-46(59)34-20-14-10-15-21-34)28(3)39(50)42(66-32(7)56)44(58)49(8)37(64-30(5)54)24-38(65-31(6)55)51(62,26-63-29(4)53)43(49)45(50)68-47(60)35-22-16-11-17-23-35/h9-23,36-38,40-43,45,57,62H,1,24-26H2,2-8H3,(H,52,59)/t36-,37-,38-,40-,41+,42+,43?,45-,49+,50-,51-/m0/s1. The summed E-state index contributed by atoms with van der Waals surface area (Å²) in [4.78, 5) is 110. The van der Waals surface area contributed by atoms with Crippen LogP contribution in [-0.2, 0) is 57.2 Å². The van der Waals surface area contributed by atoms with Gasteiger partial charge < -0.3 is 44.0 Å². The molecule has 17 heteroatoms. The van der Waals surface area contributed by atoms with Crippen molar-refractivity contribution in [2.24, 2.45) is 16.7 Å². The van der Waals surface area contributed by atoms with Gasteiger partial charge in [0, 0.05) is 52.0 Å². The number of ether oxygens (including phenoxy) is 6. The van der Waals surface area contributed by atoms with Gasteiger partial charge in [-0.05, 0) is 61.7 Å². The van der Waals surface area contributed by atoms with E-state index >= 15 is 4.79 Å². The summed E-state index contributed by atoms with van der Waals surface area (Å²) in [7, 11) is 0. The average molecular weight is 938 g/mol. The van der Waals surface area contributed by atoms with Crippen molar-refractivity contribution < 1.29 is 77.0 Å². The number of carbonyl (C=O) groups excluding carboxylic acids is 8. The van der Waals surface area contributed by atoms with Crippen molar-refractivity contribution in [1.29, 1.82) is 0 Å². The lowest BCUT2D eigenvalue weighted by Gasteiger charge is -2.58. The molecule has 0 heterocycles. The molecule has 2 fully saturated rings. The van der Waals surface area contributed by atoms with Gasteiger partial charge in [0.15, 0.2) is 18.0 Å². The third kappa shape index (κ3) is 9.58. The van der Waals surface area contributed by atoms with E-state index in [1.165, 1.54) is 32.9 Å². The molecule has 3 aromatic rings. The Morgan fingerprint density at radius 3 is 1.79 bits per heavy atom. The maximum atomic E-state index is 15.9. The van der Waals surface area contributed by atoms with E-state index in [-0.39, 0.29) is 27.8 Å². The number of nitrogens with one attached hydrogen (secondary N) is 1. The van der Waals surface area contributed by atoms with Gasteiger partial charge in [0.25, 0.3) is 5.91 Å². The zero-order valence-corrected chi connectivity index (χ0v) is 38.7. The van der Waals surface area contributed by atoms with Gasteiger partial charge in [0.2, 0.25) is 0 Å². The molecular weight excluding hydrogens is 883 g/mol. The van der Waals surface area contributed by atoms with Gasteiger partial charge in [0.1, 0.15) is 36.6 Å². The Morgan fingerprint density at radius 2 is 1.26 bits per heavy atom. The molecule has 2 saturated carbocycles. The minimum absolute atomic E-state index is 0.00133. The van der Waals surface area contributed by atoms with Gasteiger partial charge in [0.05, 0.1) is 22.4 Å². The van der Waals surface area contributed by atoms with Gasteiger partial charge in [-0.25, -0.2) is 9.59 Å². The summed E-state index contributed by atoms with van der Waals surface area (Å²) < 4.78 is 35.7. The smallest absolute Gasteiger partial charge is 0.338 e. The molecule has 0 radical (unpaired) electrons. The number of Topliss-reactive ketones (excluding diaryl/α,β-unsaturated/α-hetero) is 1. The predicted molar refractivity (Wildman–Crippen MR) is 239 cm³/mol. The number of ketones is 1. The van der Waals surface area contributed by atoms with Crippen LogP contribution in [0.3, 0.4) is 0 Å². The number of esters is 6. The molecule has 17 nitrogen and oxygen atoms in total. The number of rotatable bonds is 14. The Kier molecular flexibility index (Phi) is 14.9. The lowest BCUT2D eigenvalue weighted by molar-refractivity contribution is -0.262. The lowest BCUT2D eigenvalue weighted by Crippen LogP contribution is -2.72. The summed E-state index contributed by atoms with van der Waals surface area (Å²) in [5, 5.41) is 27.9. The summed E-state index contributed by atoms with van der Waals surface area (Å²) in [5.41, 5.74) is -6.18. The first-order chi connectivity index (χ1) is 32.1. The Hall–Kier alpha value is -6.98. The molecule has 360 valence electrons. The number of fused-ring (bicyclic) bond motifs is 2. The summed E-state index contributed by atoms with van der Waals surface area (Å²) in [6, 6.07) is 22.6. The highest BCUT2D eigenvalue weighted by molar-refractivity contribution is 5.97. The highest BCUT2D eigenvalue weighted by Crippen LogP contribution is 2.65. The largest absolute Gasteiger partial charge is 0.463 e. The SMILES string of the molecule is C=C(C)[C@@]12C[C@H](OC(=O)[C@H](O)[C@@H](NC(=O)c3ccccc3)c3ccccc3)C(C)=C1[C@@H](OC(C)=O)C(=O)[C@@]1(C)C([C@@H]2OC(=O)c2ccccc2)[C@](O)(COC(C)=O)[C@@H](OC(C)=O)C[C@@H]1OC(C)=O. The molecule has 3 aliphatic carbocycles. The maximum absolute atomic E-state index is 15.9. The number of hydrogen-bond donors (Lipinski definition) is 3. The molecule has 3 N–H and O–H groups in total. The summed E-state index contributed by atoms with van der Waals surface area (Å²) in [6.45, 7) is 11.8. The fraction of sp³-hybridized carbons (Fsp3) is 0.412. The molecule has 3 aromatic carbocycles. The van der Waals surface area contributed by atoms with E-state index in [9.17, 15) is 43.8 Å². The van der Waals surface area contributed by atoms with Crippen molar-refractivity contribution >= 4 is 47.5 Å². The number of hydrogen-bond acceptors (Lipinski definition) is 16. The van der Waals surface area contributed by atoms with Crippen molar-refractivity contribution in [3.8, 4) is 0 Å². The Bertz CT molecular complexity index is 2510. The van der Waals surface area contributed by atoms with Crippen LogP contribution in [0.2, 0.25) is 0 Å². The van der Waals surface area contributed by atoms with Crippen molar-refractivity contribution in [2.75, 3.05) is 6.61 Å². The van der Waals surface area contributed by atoms with Gasteiger partial charge in [-0.1, -0.05) is 78.9 Å². The molecule has 68 heavy (non-hydrogen) atoms. The van der Waals surface area contributed by atoms with Crippen LogP contribution in [0.15, 0.2) is 114 Å². The second-order valence-corrected chi connectivity index (χ2v) is 17.7. The van der Waals surface area contributed by atoms with Crippen molar-refractivity contribution in [3.63, 3.8) is 0 Å². The Balaban J connectivity index is 1.59. The van der Waals surface area contributed by atoms with Gasteiger partial charge in [-0.3, -0.25) is 28.8 Å². The first kappa shape index (κ1) is 50.4. The highest BCUT2D eigenvalue weighted by Gasteiger charge is 2.76. The number of benzene rings is 3. The maximum Gasteiger partial charge on any atom is 0.338 e. The first-order valence-electron chi connectivity index (χ1n) is 21.9. The van der Waals surface area contributed by atoms with Crippen molar-refractivity contribution in [3.05, 3.63) is 131 Å². The minimum Gasteiger partial charge on any atom is -0.463 e. The summed E-state index contributed by atoms with van der Waals surface area (Å²) in [6.07, 6.45) is -11.6. The fourth-order valence-corrected chi connectivity index (χ4v) is 10.2. The molecule has 0 spiro atoms. The second-order valence-electron chi connectivity index (χ2n) is 17.7. The molecule has 0 bridgehead atoms. The van der Waals surface area contributed by atoms with E-state index in [0.717, 1.165) is 27.7 Å². The van der Waals surface area contributed by atoms with Crippen LogP contribution in [0, 0.1) is 16.7 Å². The normalized spacial score (nSPS) is 28.2. The van der Waals surface area contributed by atoms with Gasteiger partial charge in [-0.2, -0.15) is 0 Å². The summed E-state index contributed by atoms with van der Waals surface area (Å²) >= 11 is 0. The van der Waals surface area contributed by atoms with E-state index in [4.69, 9.17) is 28.4 Å². The molecule has 6 rings (SSSR count). The topological polar surface area (TPSA) is 244 Å². The van der Waals surface area contributed by atoms with Crippen LogP contribution in [0.25, 0.3) is 0 Å². The molecular formula is C51H55NO16. The van der Waals surface area contributed by atoms with Crippen molar-refractivity contribution in [2.45, 2.75) is 110 Å². The third-order valence-electron chi connectivity index (χ3n) is 13.3. The Morgan fingerprint density at radius 1 is 0.735 bits per heavy atom. The van der Waals surface area contributed by atoms with Crippen LogP contribution < -0.4 is 5.32 Å². The van der Waals surface area contributed by atoms with E-state index in [0.29, 0.717) is 5.56 Å². The summed E-state index contributed by atoms with van der Waals surface area (Å²) in [5.74, 6) is -9.43. The second kappa shape index (κ2) is 20.1. The van der Waals surface area contributed by atoms with Crippen LogP contribution in [0.5, 0.6) is 0 Å². The molecule has 11 atom stereocenters. The zero-order valence-electron chi connectivity index (χ0n) is 38.7. The number of carbonyl (C=O) groups is 8. The van der Waals surface area contributed by atoms with E-state index in [1.54, 1.807) is 78.9 Å². The fourth-order valence-electron chi connectivity index (χ4n) is 10.2. The predicted octanol–water partition coefficient (Wildman–Crippen LogP) is 4.64. The molecule has 0 aliphatic heterocycles. The number of aliphatic hydroxyl groups is 2. The van der Waals surface area contributed by atoms with Crippen LogP contribution in [0.4, 0.5) is 0 Å². The van der Waals surface area contributed by atoms with E-state index < -0.39 is 132 Å². The monoisotopic (exact) mass is 937 g/mol. The third-order valence-corrected chi connectivity index (χ3v) is 13.3. The zero-order chi connectivity index (χ0) is 49.9. The van der Waals surface area contributed by atoms with Crippen LogP contribution >= 0.6 is 0 Å². The van der Waals surface area contributed by atoms with Crippen LogP contribution in [-0.4, -0.2) is 107 Å². The lowest BCUT2D eigenvalue weighted by atomic mass is 9.52. The molecule has 0 aromatic heterocycles. The van der Waals surface area contributed by atoms with Gasteiger partial charge in [-0.15, -0.1) is 0 Å². The highest BCUT2D eigenvalue weighted by atomic mass is 16.6. The minimum atomic E-state index is -2.67. The number of aliphatic hydroxyl groups excluding tert-OH is 1. The van der Waals surface area contributed by atoms with Gasteiger partial charge >= 0.3 is 35.8 Å². The average Bonchev–Trinajstić information content (AvgIpc) is 3.56. The first-order valence-corrected chi connectivity index (χ1v) is 21.9. The quantitative estimate of drug-likeness (QED) is 0.113. The number of amides is 1. The Labute approximate surface area is 392 Å². The van der Waals surface area contributed by atoms with E-state index in [2.05, 4.69) is 11.9 Å². The molecule has 3 aliphatic rings. The molecule has 0 saturated heterocycles. The van der Waals surface area contributed by atoms with Crippen LogP contribution in [0.1, 0.15) is 93.6 Å².